The highest BCUT2D eigenvalue weighted by molar-refractivity contribution is 7.60. The Balaban J connectivity index is 1.23. The van der Waals surface area contributed by atoms with Gasteiger partial charge in [-0.05, 0) is 125 Å². The molecule has 0 saturated heterocycles. The van der Waals surface area contributed by atoms with Gasteiger partial charge in [-0.2, -0.15) is 0 Å². The van der Waals surface area contributed by atoms with Gasteiger partial charge in [-0.25, -0.2) is 0 Å². The lowest BCUT2D eigenvalue weighted by Gasteiger charge is -2.19. The van der Waals surface area contributed by atoms with Gasteiger partial charge in [0.25, 0.3) is 0 Å². The molecule has 0 aliphatic carbocycles. The van der Waals surface area contributed by atoms with Crippen molar-refractivity contribution in [3.63, 3.8) is 0 Å². The summed E-state index contributed by atoms with van der Waals surface area (Å²) in [6.45, 7) is 4.85. The molecule has 0 spiro atoms. The summed E-state index contributed by atoms with van der Waals surface area (Å²) in [4.78, 5) is 0. The third-order valence-electron chi connectivity index (χ3n) is 12.5. The lowest BCUT2D eigenvalue weighted by atomic mass is 9.85. The third-order valence-corrected chi connectivity index (χ3v) is 16.9. The lowest BCUT2D eigenvalue weighted by Crippen LogP contribution is -1.91. The molecular formula is C54H36P2. The Bertz CT molecular complexity index is 3440. The summed E-state index contributed by atoms with van der Waals surface area (Å²) in [5.41, 5.74) is 7.79. The molecule has 2 heterocycles. The van der Waals surface area contributed by atoms with Gasteiger partial charge in [0.2, 0.25) is 0 Å². The Morgan fingerprint density at radius 3 is 1.29 bits per heavy atom. The van der Waals surface area contributed by atoms with Gasteiger partial charge in [0.15, 0.2) is 0 Å². The predicted molar refractivity (Wildman–Crippen MR) is 250 cm³/mol. The first kappa shape index (κ1) is 32.1. The SMILES string of the molecule is Cp1c2ccccc2c2c(-c3cccc4c(-c5ccc6cc7ccccc7cc6c5)c5cccc(-c6cccc7c6c6ccccc6p7C)c5cc34)cccc21. The minimum atomic E-state index is -0.409. The molecule has 0 saturated carbocycles. The molecule has 0 fully saturated rings. The highest BCUT2D eigenvalue weighted by Crippen LogP contribution is 2.53. The fraction of sp³-hybridized carbons (Fsp3) is 0.0370. The van der Waals surface area contributed by atoms with E-state index in [1.807, 2.05) is 0 Å². The van der Waals surface area contributed by atoms with Gasteiger partial charge >= 0.3 is 0 Å². The quantitative estimate of drug-likeness (QED) is 0.158. The largest absolute Gasteiger partial charge is 0.112 e. The Hall–Kier alpha value is -6.16. The molecule has 12 rings (SSSR count). The van der Waals surface area contributed by atoms with Crippen LogP contribution in [0.1, 0.15) is 0 Å². The first-order valence-electron chi connectivity index (χ1n) is 19.5. The van der Waals surface area contributed by atoms with Crippen molar-refractivity contribution in [2.45, 2.75) is 0 Å². The molecule has 56 heavy (non-hydrogen) atoms. The third kappa shape index (κ3) is 4.55. The average molecular weight is 747 g/mol. The van der Waals surface area contributed by atoms with Crippen molar-refractivity contribution >= 4 is 100 Å². The standard InChI is InChI=1S/C54H36P2/c1-55-48-23-7-5-15-44(48)53-40(21-11-25-50(53)55)38-17-9-19-42-46(38)32-47-39(41-22-12-26-51-54(41)45-16-6-8-24-49(45)56(51)2)18-10-20-43(47)52(42)36-28-27-35-29-33-13-3-4-14-34(33)30-37(35)31-36/h3-32H,1-2H3. The van der Waals surface area contributed by atoms with E-state index in [4.69, 9.17) is 0 Å². The minimum absolute atomic E-state index is 0.409. The zero-order valence-corrected chi connectivity index (χ0v) is 33.0. The smallest absolute Gasteiger partial charge is 0.00274 e. The number of aryl methyl sites for hydroxylation is 2. The molecule has 2 heteroatoms. The van der Waals surface area contributed by atoms with Gasteiger partial charge in [-0.1, -0.05) is 158 Å². The molecule has 0 N–H and O–H groups in total. The average Bonchev–Trinajstić information content (AvgIpc) is 3.71. The molecule has 2 atom stereocenters. The normalized spacial score (nSPS) is 12.8. The summed E-state index contributed by atoms with van der Waals surface area (Å²) >= 11 is 0. The second-order valence-electron chi connectivity index (χ2n) is 15.4. The lowest BCUT2D eigenvalue weighted by molar-refractivity contribution is 1.68. The molecule has 0 aliphatic rings. The van der Waals surface area contributed by atoms with Gasteiger partial charge in [0.1, 0.15) is 0 Å². The number of rotatable bonds is 3. The van der Waals surface area contributed by atoms with Crippen molar-refractivity contribution < 1.29 is 0 Å². The van der Waals surface area contributed by atoms with Gasteiger partial charge < -0.3 is 0 Å². The predicted octanol–water partition coefficient (Wildman–Crippen LogP) is 17.0. The maximum atomic E-state index is 2.53. The highest BCUT2D eigenvalue weighted by Gasteiger charge is 2.21. The maximum Gasteiger partial charge on any atom is 0.00274 e. The zero-order valence-electron chi connectivity index (χ0n) is 31.2. The number of benzene rings is 10. The molecule has 2 unspecified atom stereocenters. The van der Waals surface area contributed by atoms with E-state index in [0.717, 1.165) is 0 Å². The Kier molecular flexibility index (Phi) is 6.98. The fourth-order valence-corrected chi connectivity index (χ4v) is 13.9. The first-order chi connectivity index (χ1) is 27.6. The van der Waals surface area contributed by atoms with Crippen LogP contribution in [0.5, 0.6) is 0 Å². The second kappa shape index (κ2) is 12.2. The molecule has 0 amide bonds. The minimum Gasteiger partial charge on any atom is -0.112 e. The Morgan fingerprint density at radius 2 is 0.714 bits per heavy atom. The Labute approximate surface area is 327 Å². The van der Waals surface area contributed by atoms with Crippen LogP contribution in [0.4, 0.5) is 0 Å². The van der Waals surface area contributed by atoms with E-state index in [-0.39, 0.29) is 0 Å². The van der Waals surface area contributed by atoms with Gasteiger partial charge in [-0.15, -0.1) is 15.1 Å². The van der Waals surface area contributed by atoms with Crippen molar-refractivity contribution in [3.05, 3.63) is 182 Å². The van der Waals surface area contributed by atoms with E-state index < -0.39 is 15.1 Å². The summed E-state index contributed by atoms with van der Waals surface area (Å²) in [5.74, 6) is 0. The molecule has 0 bridgehead atoms. The number of fused-ring (bicyclic) bond motifs is 10. The van der Waals surface area contributed by atoms with E-state index >= 15 is 0 Å². The molecule has 0 aliphatic heterocycles. The van der Waals surface area contributed by atoms with Crippen LogP contribution in [-0.4, -0.2) is 0 Å². The molecule has 10 aromatic carbocycles. The van der Waals surface area contributed by atoms with E-state index in [9.17, 15) is 0 Å². The van der Waals surface area contributed by atoms with E-state index in [1.54, 1.807) is 0 Å². The van der Waals surface area contributed by atoms with Gasteiger partial charge in [0.05, 0.1) is 0 Å². The van der Waals surface area contributed by atoms with E-state index in [1.165, 1.54) is 118 Å². The summed E-state index contributed by atoms with van der Waals surface area (Å²) in [6, 6.07) is 69.2. The summed E-state index contributed by atoms with van der Waals surface area (Å²) in [6.07, 6.45) is 0. The molecular weight excluding hydrogens is 711 g/mol. The van der Waals surface area contributed by atoms with Crippen molar-refractivity contribution in [1.29, 1.82) is 0 Å². The fourth-order valence-electron chi connectivity index (χ4n) is 9.91. The van der Waals surface area contributed by atoms with Crippen molar-refractivity contribution in [3.8, 4) is 33.4 Å². The van der Waals surface area contributed by atoms with Crippen LogP contribution < -0.4 is 0 Å². The maximum absolute atomic E-state index is 2.53. The molecule has 0 radical (unpaired) electrons. The molecule has 12 aromatic rings. The molecule has 0 nitrogen and oxygen atoms in total. The van der Waals surface area contributed by atoms with Crippen molar-refractivity contribution in [2.24, 2.45) is 13.3 Å². The second-order valence-corrected chi connectivity index (χ2v) is 19.5. The number of hydrogen-bond acceptors (Lipinski definition) is 0. The van der Waals surface area contributed by atoms with Crippen LogP contribution in [0.3, 0.4) is 0 Å². The van der Waals surface area contributed by atoms with Crippen LogP contribution in [0.25, 0.3) is 118 Å². The first-order valence-corrected chi connectivity index (χ1v) is 23.0. The zero-order chi connectivity index (χ0) is 37.1. The van der Waals surface area contributed by atoms with Crippen LogP contribution >= 0.6 is 15.1 Å². The van der Waals surface area contributed by atoms with Gasteiger partial charge in [0, 0.05) is 31.2 Å². The van der Waals surface area contributed by atoms with E-state index in [2.05, 4.69) is 195 Å². The van der Waals surface area contributed by atoms with Crippen molar-refractivity contribution in [1.82, 2.24) is 0 Å². The van der Waals surface area contributed by atoms with Crippen LogP contribution in [0.15, 0.2) is 182 Å². The summed E-state index contributed by atoms with van der Waals surface area (Å²) < 4.78 is 0. The summed E-state index contributed by atoms with van der Waals surface area (Å²) in [7, 11) is -0.818. The molecule has 2 aromatic heterocycles. The highest BCUT2D eigenvalue weighted by atomic mass is 31.1. The topological polar surface area (TPSA) is 0 Å². The van der Waals surface area contributed by atoms with Gasteiger partial charge in [-0.3, -0.25) is 0 Å². The van der Waals surface area contributed by atoms with E-state index in [0.29, 0.717) is 0 Å². The van der Waals surface area contributed by atoms with Crippen LogP contribution in [0, 0.1) is 0 Å². The van der Waals surface area contributed by atoms with Crippen molar-refractivity contribution in [2.75, 3.05) is 0 Å². The Morgan fingerprint density at radius 1 is 0.286 bits per heavy atom. The van der Waals surface area contributed by atoms with Crippen LogP contribution in [-0.2, 0) is 13.3 Å². The monoisotopic (exact) mass is 746 g/mol. The molecule has 262 valence electrons. The summed E-state index contributed by atoms with van der Waals surface area (Å²) in [5, 5.41) is 21.8. The van der Waals surface area contributed by atoms with Crippen LogP contribution in [0.2, 0.25) is 0 Å². The number of hydrogen-bond donors (Lipinski definition) is 0.